The molecule has 1 atom stereocenters. The predicted octanol–water partition coefficient (Wildman–Crippen LogP) is 1.15. The first-order valence-corrected chi connectivity index (χ1v) is 3.39. The molecule has 0 saturated carbocycles. The highest BCUT2D eigenvalue weighted by Gasteiger charge is 2.19. The van der Waals surface area contributed by atoms with Crippen molar-refractivity contribution in [2.45, 2.75) is 39.3 Å². The van der Waals surface area contributed by atoms with Gasteiger partial charge in [0.25, 0.3) is 0 Å². The minimum atomic E-state index is -0.212. The summed E-state index contributed by atoms with van der Waals surface area (Å²) in [5.41, 5.74) is 5.53. The van der Waals surface area contributed by atoms with Crippen LogP contribution in [0.4, 0.5) is 0 Å². The van der Waals surface area contributed by atoms with E-state index in [0.29, 0.717) is 0 Å². The highest BCUT2D eigenvalue weighted by atomic mass is 16.5. The van der Waals surface area contributed by atoms with Crippen LogP contribution in [0.3, 0.4) is 0 Å². The molecule has 1 unspecified atom stereocenters. The Hall–Kier alpha value is -0.0800. The summed E-state index contributed by atoms with van der Waals surface area (Å²) >= 11 is 0. The molecule has 0 bridgehead atoms. The molecule has 0 aromatic rings. The molecule has 2 nitrogen and oxygen atoms in total. The molecule has 0 aromatic carbocycles. The summed E-state index contributed by atoms with van der Waals surface area (Å²) in [6, 6.07) is 0. The van der Waals surface area contributed by atoms with Crippen molar-refractivity contribution in [2.24, 2.45) is 5.73 Å². The Kier molecular flexibility index (Phi) is 3.15. The zero-order valence-electron chi connectivity index (χ0n) is 6.77. The Balaban J connectivity index is 3.59. The van der Waals surface area contributed by atoms with Crippen molar-refractivity contribution in [1.29, 1.82) is 0 Å². The van der Waals surface area contributed by atoms with E-state index in [1.165, 1.54) is 0 Å². The first-order chi connectivity index (χ1) is 3.98. The van der Waals surface area contributed by atoms with Crippen LogP contribution in [0.2, 0.25) is 0 Å². The molecule has 0 spiro atoms. The number of rotatable bonds is 3. The second-order valence-corrected chi connectivity index (χ2v) is 2.92. The van der Waals surface area contributed by atoms with E-state index in [9.17, 15) is 0 Å². The maximum atomic E-state index is 5.74. The molecule has 0 rings (SSSR count). The molecule has 0 heterocycles. The van der Waals surface area contributed by atoms with Gasteiger partial charge in [-0.25, -0.2) is 0 Å². The van der Waals surface area contributed by atoms with Crippen molar-refractivity contribution in [3.63, 3.8) is 0 Å². The lowest BCUT2D eigenvalue weighted by Gasteiger charge is -2.26. The van der Waals surface area contributed by atoms with E-state index in [-0.39, 0.29) is 11.6 Å². The van der Waals surface area contributed by atoms with Gasteiger partial charge in [0.05, 0.1) is 6.10 Å². The third-order valence-corrected chi connectivity index (χ3v) is 1.46. The van der Waals surface area contributed by atoms with Crippen LogP contribution in [0, 0.1) is 0 Å². The van der Waals surface area contributed by atoms with E-state index in [0.717, 1.165) is 6.61 Å². The van der Waals surface area contributed by atoms with E-state index in [1.54, 1.807) is 0 Å². The van der Waals surface area contributed by atoms with Crippen LogP contribution in [0.1, 0.15) is 27.7 Å². The molecule has 0 saturated heterocycles. The average molecular weight is 131 g/mol. The SMILES string of the molecule is CCOC(C)C(C)(C)N. The molecule has 0 aliphatic carbocycles. The highest BCUT2D eigenvalue weighted by Crippen LogP contribution is 2.07. The summed E-state index contributed by atoms with van der Waals surface area (Å²) in [6.45, 7) is 8.63. The lowest BCUT2D eigenvalue weighted by molar-refractivity contribution is 0.0311. The smallest absolute Gasteiger partial charge is 0.0720 e. The van der Waals surface area contributed by atoms with Gasteiger partial charge in [0, 0.05) is 12.1 Å². The van der Waals surface area contributed by atoms with Crippen LogP contribution in [0.15, 0.2) is 0 Å². The number of nitrogens with two attached hydrogens (primary N) is 1. The quantitative estimate of drug-likeness (QED) is 0.623. The van der Waals surface area contributed by atoms with Crippen molar-refractivity contribution in [3.05, 3.63) is 0 Å². The van der Waals surface area contributed by atoms with E-state index >= 15 is 0 Å². The van der Waals surface area contributed by atoms with Gasteiger partial charge in [0.1, 0.15) is 0 Å². The third-order valence-electron chi connectivity index (χ3n) is 1.46. The highest BCUT2D eigenvalue weighted by molar-refractivity contribution is 4.79. The van der Waals surface area contributed by atoms with Crippen LogP contribution >= 0.6 is 0 Å². The van der Waals surface area contributed by atoms with E-state index in [1.807, 2.05) is 27.7 Å². The van der Waals surface area contributed by atoms with Gasteiger partial charge in [-0.15, -0.1) is 0 Å². The Morgan fingerprint density at radius 1 is 1.56 bits per heavy atom. The molecule has 56 valence electrons. The zero-order chi connectivity index (χ0) is 7.49. The monoisotopic (exact) mass is 131 g/mol. The van der Waals surface area contributed by atoms with Gasteiger partial charge in [-0.2, -0.15) is 0 Å². The minimum Gasteiger partial charge on any atom is -0.377 e. The largest absolute Gasteiger partial charge is 0.377 e. The first kappa shape index (κ1) is 8.92. The molecular formula is C7H17NO. The van der Waals surface area contributed by atoms with Crippen LogP contribution in [-0.4, -0.2) is 18.2 Å². The van der Waals surface area contributed by atoms with Gasteiger partial charge in [-0.3, -0.25) is 0 Å². The summed E-state index contributed by atoms with van der Waals surface area (Å²) in [6.07, 6.45) is 0.141. The summed E-state index contributed by atoms with van der Waals surface area (Å²) in [5, 5.41) is 0. The second kappa shape index (κ2) is 3.18. The van der Waals surface area contributed by atoms with Gasteiger partial charge < -0.3 is 10.5 Å². The van der Waals surface area contributed by atoms with Crippen LogP contribution < -0.4 is 5.73 Å². The Morgan fingerprint density at radius 2 is 2.00 bits per heavy atom. The van der Waals surface area contributed by atoms with Crippen molar-refractivity contribution >= 4 is 0 Å². The molecule has 2 heteroatoms. The van der Waals surface area contributed by atoms with Crippen molar-refractivity contribution in [3.8, 4) is 0 Å². The lowest BCUT2D eigenvalue weighted by atomic mass is 10.0. The molecule has 2 N–H and O–H groups in total. The molecule has 0 radical (unpaired) electrons. The van der Waals surface area contributed by atoms with Crippen LogP contribution in [-0.2, 0) is 4.74 Å². The fraction of sp³-hybridized carbons (Fsp3) is 1.00. The summed E-state index contributed by atoms with van der Waals surface area (Å²) in [5.74, 6) is 0. The Morgan fingerprint density at radius 3 is 2.11 bits per heavy atom. The maximum absolute atomic E-state index is 5.74. The third kappa shape index (κ3) is 3.49. The molecule has 0 amide bonds. The fourth-order valence-electron chi connectivity index (χ4n) is 0.465. The lowest BCUT2D eigenvalue weighted by Crippen LogP contribution is -2.44. The van der Waals surface area contributed by atoms with E-state index in [2.05, 4.69) is 0 Å². The molecule has 9 heavy (non-hydrogen) atoms. The molecule has 0 fully saturated rings. The van der Waals surface area contributed by atoms with Gasteiger partial charge in [-0.1, -0.05) is 0 Å². The van der Waals surface area contributed by atoms with Gasteiger partial charge in [-0.05, 0) is 27.7 Å². The van der Waals surface area contributed by atoms with Crippen LogP contribution in [0.5, 0.6) is 0 Å². The zero-order valence-corrected chi connectivity index (χ0v) is 6.77. The number of hydrogen-bond acceptors (Lipinski definition) is 2. The summed E-state index contributed by atoms with van der Waals surface area (Å²) < 4.78 is 5.28. The van der Waals surface area contributed by atoms with Gasteiger partial charge in [0.2, 0.25) is 0 Å². The Bertz CT molecular complexity index is 75.5. The van der Waals surface area contributed by atoms with Gasteiger partial charge in [0.15, 0.2) is 0 Å². The van der Waals surface area contributed by atoms with Crippen molar-refractivity contribution in [2.75, 3.05) is 6.61 Å². The second-order valence-electron chi connectivity index (χ2n) is 2.92. The Labute approximate surface area is 57.4 Å². The number of ether oxygens (including phenoxy) is 1. The average Bonchev–Trinajstić information content (AvgIpc) is 1.64. The summed E-state index contributed by atoms with van der Waals surface area (Å²) in [7, 11) is 0. The van der Waals surface area contributed by atoms with E-state index < -0.39 is 0 Å². The first-order valence-electron chi connectivity index (χ1n) is 3.39. The molecular weight excluding hydrogens is 114 g/mol. The minimum absolute atomic E-state index is 0.141. The normalized spacial score (nSPS) is 15.7. The van der Waals surface area contributed by atoms with E-state index in [4.69, 9.17) is 10.5 Å². The topological polar surface area (TPSA) is 35.2 Å². The molecule has 0 aliphatic rings. The molecule has 0 aliphatic heterocycles. The van der Waals surface area contributed by atoms with Gasteiger partial charge >= 0.3 is 0 Å². The standard InChI is InChI=1S/C7H17NO/c1-5-9-6(2)7(3,4)8/h6H,5,8H2,1-4H3. The summed E-state index contributed by atoms with van der Waals surface area (Å²) in [4.78, 5) is 0. The maximum Gasteiger partial charge on any atom is 0.0720 e. The van der Waals surface area contributed by atoms with Crippen molar-refractivity contribution < 1.29 is 4.74 Å². The fourth-order valence-corrected chi connectivity index (χ4v) is 0.465. The number of hydrogen-bond donors (Lipinski definition) is 1. The molecule has 0 aromatic heterocycles. The predicted molar refractivity (Wildman–Crippen MR) is 39.4 cm³/mol. The van der Waals surface area contributed by atoms with Crippen molar-refractivity contribution in [1.82, 2.24) is 0 Å². The van der Waals surface area contributed by atoms with Crippen LogP contribution in [0.25, 0.3) is 0 Å².